The zero-order valence-electron chi connectivity index (χ0n) is 40.6. The van der Waals surface area contributed by atoms with Crippen LogP contribution in [0.3, 0.4) is 0 Å². The highest BCUT2D eigenvalue weighted by Gasteiger charge is 2.49. The van der Waals surface area contributed by atoms with Gasteiger partial charge in [-0.05, 0) is 117 Å². The first kappa shape index (κ1) is 47.9. The van der Waals surface area contributed by atoms with E-state index in [2.05, 4.69) is 67.9 Å². The lowest BCUT2D eigenvalue weighted by molar-refractivity contribution is -0.384. The Bertz CT molecular complexity index is 2930. The fourth-order valence-electron chi connectivity index (χ4n) is 12.0. The van der Waals surface area contributed by atoms with Gasteiger partial charge >= 0.3 is 0 Å². The molecule has 3 aliphatic heterocycles. The number of carbonyl (C=O) groups excluding carboxylic acids is 1. The third kappa shape index (κ3) is 9.20. The number of aliphatic hydroxyl groups is 1. The average Bonchev–Trinajstić information content (AvgIpc) is 3.96. The van der Waals surface area contributed by atoms with Crippen LogP contribution in [0, 0.1) is 27.3 Å². The normalized spacial score (nSPS) is 24.6. The van der Waals surface area contributed by atoms with Crippen molar-refractivity contribution in [2.45, 2.75) is 133 Å². The summed E-state index contributed by atoms with van der Waals surface area (Å²) in [7, 11) is -4.73. The van der Waals surface area contributed by atoms with E-state index in [1.165, 1.54) is 54.8 Å². The number of ether oxygens (including phenoxy) is 2. The number of nitrogens with one attached hydrogen (secondary N) is 3. The van der Waals surface area contributed by atoms with Crippen molar-refractivity contribution in [3.63, 3.8) is 0 Å². The van der Waals surface area contributed by atoms with Crippen molar-refractivity contribution in [1.82, 2.24) is 19.6 Å². The molecule has 372 valence electrons. The molecule has 2 aromatic heterocycles. The number of likely N-dealkylation sites (tertiary alicyclic amines) is 1. The number of aromatic amines is 1. The molecule has 4 N–H and O–H groups in total. The number of sulfonamides is 1. The summed E-state index contributed by atoms with van der Waals surface area (Å²) in [6.07, 6.45) is 9.43. The van der Waals surface area contributed by atoms with Crippen LogP contribution in [0.15, 0.2) is 71.8 Å². The molecule has 2 aliphatic carbocycles. The predicted octanol–water partition coefficient (Wildman–Crippen LogP) is 10.1. The number of anilines is 2. The number of nitro groups is 1. The molecular weight excluding hydrogens is 914 g/mol. The molecule has 3 aromatic carbocycles. The fourth-order valence-corrected chi connectivity index (χ4v) is 13.0. The van der Waals surface area contributed by atoms with Crippen LogP contribution in [0.2, 0.25) is 0 Å². The molecular formula is C53H64FN7O8S. The number of amides is 1. The van der Waals surface area contributed by atoms with Crippen LogP contribution in [-0.2, 0) is 10.0 Å². The number of nitro benzene ring substituents is 1. The van der Waals surface area contributed by atoms with Gasteiger partial charge in [-0.3, -0.25) is 19.8 Å². The van der Waals surface area contributed by atoms with Gasteiger partial charge in [0.1, 0.15) is 29.6 Å². The molecule has 5 aliphatic rings. The Hall–Kier alpha value is -5.78. The van der Waals surface area contributed by atoms with Crippen molar-refractivity contribution in [2.24, 2.45) is 11.3 Å². The first-order chi connectivity index (χ1) is 33.4. The van der Waals surface area contributed by atoms with E-state index in [1.54, 1.807) is 19.1 Å². The van der Waals surface area contributed by atoms with Gasteiger partial charge in [-0.25, -0.2) is 22.5 Å². The van der Waals surface area contributed by atoms with E-state index in [9.17, 15) is 32.8 Å². The zero-order valence-corrected chi connectivity index (χ0v) is 41.4. The standard InChI is InChI=1S/C53H64FN7O8S/c1-31(2)36-9-6-7-10-37(36)38-11-8-12-43(38)60-29-53(30-60)19-21-59(22-20-53)34-13-14-39(45(23-34)69-47-26-40-41(54)27-55-50(40)57-48(47)32(3)4)51(62)58-70(66,67)35-24-44(61(64)65)49-46(25-35)68-28-42(56-49)33-15-17-52(5,63)18-16-33/h6-7,9-10,13-14,23-27,31-33,38,42-43,56,63H,8,11-12,15-22,28-30H2,1-5H3,(H,55,57)(H,58,62)/t33-,38-,42-,43?,52-/m1/s1. The van der Waals surface area contributed by atoms with Crippen LogP contribution in [0.25, 0.3) is 11.0 Å². The third-order valence-electron chi connectivity index (χ3n) is 16.0. The Balaban J connectivity index is 0.892. The number of hydrogen-bond donors (Lipinski definition) is 4. The third-order valence-corrected chi connectivity index (χ3v) is 17.3. The van der Waals surface area contributed by atoms with Gasteiger partial charge in [-0.1, -0.05) is 58.4 Å². The molecule has 15 nitrogen and oxygen atoms in total. The summed E-state index contributed by atoms with van der Waals surface area (Å²) < 4.78 is 57.9. The van der Waals surface area contributed by atoms with Crippen LogP contribution in [0.4, 0.5) is 21.5 Å². The molecule has 1 unspecified atom stereocenters. The Kier molecular flexibility index (Phi) is 12.6. The minimum Gasteiger partial charge on any atom is -0.489 e. The van der Waals surface area contributed by atoms with Gasteiger partial charge in [0.15, 0.2) is 11.4 Å². The molecule has 2 saturated heterocycles. The molecule has 5 aromatic rings. The number of aromatic nitrogens is 2. The number of hydrogen-bond acceptors (Lipinski definition) is 12. The molecule has 2 saturated carbocycles. The Morgan fingerprint density at radius 3 is 2.44 bits per heavy atom. The second-order valence-corrected chi connectivity index (χ2v) is 23.2. The summed E-state index contributed by atoms with van der Waals surface area (Å²) in [6, 6.07) is 17.9. The van der Waals surface area contributed by atoms with Crippen LogP contribution >= 0.6 is 0 Å². The van der Waals surface area contributed by atoms with Gasteiger partial charge in [-0.2, -0.15) is 0 Å². The minimum absolute atomic E-state index is 0.0244. The van der Waals surface area contributed by atoms with Crippen LogP contribution < -0.4 is 24.4 Å². The van der Waals surface area contributed by atoms with Crippen LogP contribution in [0.5, 0.6) is 17.2 Å². The zero-order chi connectivity index (χ0) is 49.3. The Morgan fingerprint density at radius 1 is 0.986 bits per heavy atom. The number of rotatable bonds is 12. The van der Waals surface area contributed by atoms with Crippen molar-refractivity contribution in [2.75, 3.05) is 43.0 Å². The highest BCUT2D eigenvalue weighted by atomic mass is 32.2. The number of pyridine rings is 1. The van der Waals surface area contributed by atoms with Gasteiger partial charge in [0.25, 0.3) is 21.6 Å². The molecule has 17 heteroatoms. The summed E-state index contributed by atoms with van der Waals surface area (Å²) >= 11 is 0. The molecule has 10 rings (SSSR count). The molecule has 3 atom stereocenters. The number of fused-ring (bicyclic) bond motifs is 2. The highest BCUT2D eigenvalue weighted by Crippen LogP contribution is 2.50. The van der Waals surface area contributed by atoms with Gasteiger partial charge < -0.3 is 29.8 Å². The number of carbonyl (C=O) groups is 1. The lowest BCUT2D eigenvalue weighted by Gasteiger charge is -2.57. The van der Waals surface area contributed by atoms with Gasteiger partial charge in [0, 0.05) is 62.3 Å². The van der Waals surface area contributed by atoms with Crippen molar-refractivity contribution in [1.29, 1.82) is 0 Å². The summed E-state index contributed by atoms with van der Waals surface area (Å²) in [5, 5.41) is 26.4. The van der Waals surface area contributed by atoms with E-state index in [4.69, 9.17) is 9.47 Å². The molecule has 5 heterocycles. The highest BCUT2D eigenvalue weighted by molar-refractivity contribution is 7.90. The minimum atomic E-state index is -4.73. The van der Waals surface area contributed by atoms with E-state index in [1.807, 2.05) is 13.8 Å². The number of benzene rings is 3. The van der Waals surface area contributed by atoms with E-state index >= 15 is 0 Å². The quantitative estimate of drug-likeness (QED) is 0.0684. The summed E-state index contributed by atoms with van der Waals surface area (Å²) in [6.45, 7) is 14.0. The van der Waals surface area contributed by atoms with Crippen molar-refractivity contribution in [3.05, 3.63) is 105 Å². The maximum absolute atomic E-state index is 15.0. The first-order valence-electron chi connectivity index (χ1n) is 25.0. The molecule has 0 bridgehead atoms. The van der Waals surface area contributed by atoms with E-state index < -0.39 is 42.9 Å². The maximum atomic E-state index is 15.0. The van der Waals surface area contributed by atoms with E-state index in [0.29, 0.717) is 54.9 Å². The largest absolute Gasteiger partial charge is 0.489 e. The fraction of sp³-hybridized carbons (Fsp3) is 0.509. The molecule has 0 radical (unpaired) electrons. The second-order valence-electron chi connectivity index (χ2n) is 21.5. The Morgan fingerprint density at radius 2 is 1.73 bits per heavy atom. The summed E-state index contributed by atoms with van der Waals surface area (Å²) in [5.74, 6) is -0.413. The predicted molar refractivity (Wildman–Crippen MR) is 266 cm³/mol. The summed E-state index contributed by atoms with van der Waals surface area (Å²) in [5.41, 5.74) is 3.46. The van der Waals surface area contributed by atoms with E-state index in [0.717, 1.165) is 50.8 Å². The molecule has 4 fully saturated rings. The van der Waals surface area contributed by atoms with Gasteiger partial charge in [0.05, 0.1) is 38.1 Å². The second kappa shape index (κ2) is 18.4. The Labute approximate surface area is 408 Å². The smallest absolute Gasteiger partial charge is 0.297 e. The number of halogens is 1. The number of H-pyrrole nitrogens is 1. The first-order valence-corrected chi connectivity index (χ1v) is 26.4. The monoisotopic (exact) mass is 977 g/mol. The number of nitrogens with zero attached hydrogens (tertiary/aromatic N) is 4. The SMILES string of the molecule is CC(C)c1ccccc1[C@H]1CCCC1N1CC2(CCN(c3ccc(C(=O)NS(=O)(=O)c4cc5c(c([N+](=O)[O-])c4)N[C@@H]([C@H]4CC[C@](C)(O)CC4)CO5)c(Oc4cc5c(F)c[nH]c5nc4C(C)C)c3)CC2)C1. The van der Waals surface area contributed by atoms with Crippen LogP contribution in [0.1, 0.15) is 137 Å². The average molecular weight is 978 g/mol. The van der Waals surface area contributed by atoms with Crippen LogP contribution in [-0.4, -0.2) is 89.7 Å². The molecule has 70 heavy (non-hydrogen) atoms. The van der Waals surface area contributed by atoms with Gasteiger partial charge in [-0.15, -0.1) is 0 Å². The maximum Gasteiger partial charge on any atom is 0.297 e. The topological polar surface area (TPSA) is 192 Å². The lowest BCUT2D eigenvalue weighted by Crippen LogP contribution is -2.63. The molecule has 1 spiro atoms. The molecule has 1 amide bonds. The van der Waals surface area contributed by atoms with Crippen molar-refractivity contribution in [3.8, 4) is 17.2 Å². The van der Waals surface area contributed by atoms with Crippen molar-refractivity contribution >= 4 is 44.0 Å². The van der Waals surface area contributed by atoms with Crippen molar-refractivity contribution < 1.29 is 37.1 Å². The lowest BCUT2D eigenvalue weighted by atomic mass is 9.70. The summed E-state index contributed by atoms with van der Waals surface area (Å²) in [4.78, 5) is 38.1. The van der Waals surface area contributed by atoms with E-state index in [-0.39, 0.29) is 63.8 Å². The van der Waals surface area contributed by atoms with Gasteiger partial charge in [0.2, 0.25) is 0 Å². The number of piperidine rings is 1.